The minimum Gasteiger partial charge on any atom is -0.325 e. The van der Waals surface area contributed by atoms with E-state index in [1.165, 1.54) is 18.2 Å². The summed E-state index contributed by atoms with van der Waals surface area (Å²) < 4.78 is 0. The van der Waals surface area contributed by atoms with Gasteiger partial charge in [-0.3, -0.25) is 19.7 Å². The predicted molar refractivity (Wildman–Crippen MR) is 86.4 cm³/mol. The molecule has 1 aliphatic rings. The van der Waals surface area contributed by atoms with Crippen LogP contribution in [0.3, 0.4) is 0 Å². The van der Waals surface area contributed by atoms with E-state index >= 15 is 0 Å². The second-order valence-corrected chi connectivity index (χ2v) is 5.53. The molecule has 0 saturated heterocycles. The van der Waals surface area contributed by atoms with E-state index in [0.29, 0.717) is 17.7 Å². The Morgan fingerprint density at radius 3 is 2.68 bits per heavy atom. The second-order valence-electron chi connectivity index (χ2n) is 4.97. The fourth-order valence-corrected chi connectivity index (χ4v) is 2.48. The molecule has 0 unspecified atom stereocenters. The van der Waals surface area contributed by atoms with Gasteiger partial charge in [0.05, 0.1) is 21.5 Å². The highest BCUT2D eigenvalue weighted by molar-refractivity contribution is 9.09. The van der Waals surface area contributed by atoms with Crippen LogP contribution in [0, 0.1) is 10.1 Å². The first kappa shape index (κ1) is 16.4. The lowest BCUT2D eigenvalue weighted by Crippen LogP contribution is -2.16. The Morgan fingerprint density at radius 1 is 1.32 bits per heavy atom. The van der Waals surface area contributed by atoms with Crippen LogP contribution in [0.5, 0.6) is 0 Å². The Bertz CT molecular complexity index is 655. The van der Waals surface area contributed by atoms with E-state index in [1.807, 2.05) is 6.08 Å². The van der Waals surface area contributed by atoms with Crippen molar-refractivity contribution in [3.8, 4) is 0 Å². The Hall–Kier alpha value is -2.02. The molecule has 0 radical (unpaired) electrons. The molecule has 0 aliphatic heterocycles. The topological polar surface area (TPSA) is 89.3 Å². The third-order valence-electron chi connectivity index (χ3n) is 3.44. The Kier molecular flexibility index (Phi) is 5.43. The highest BCUT2D eigenvalue weighted by Crippen LogP contribution is 2.28. The van der Waals surface area contributed by atoms with Gasteiger partial charge < -0.3 is 5.32 Å². The van der Waals surface area contributed by atoms with E-state index < -0.39 is 4.92 Å². The molecule has 0 aromatic heterocycles. The number of hydrogen-bond acceptors (Lipinski definition) is 4. The molecule has 1 amide bonds. The van der Waals surface area contributed by atoms with Crippen molar-refractivity contribution in [3.63, 3.8) is 0 Å². The lowest BCUT2D eigenvalue weighted by atomic mass is 9.92. The van der Waals surface area contributed by atoms with E-state index in [2.05, 4.69) is 21.2 Å². The molecule has 1 aromatic rings. The van der Waals surface area contributed by atoms with Gasteiger partial charge in [0, 0.05) is 12.1 Å². The van der Waals surface area contributed by atoms with E-state index in [-0.39, 0.29) is 28.3 Å². The van der Waals surface area contributed by atoms with Crippen LogP contribution in [-0.2, 0) is 4.79 Å². The van der Waals surface area contributed by atoms with Crippen molar-refractivity contribution in [3.05, 3.63) is 45.5 Å². The van der Waals surface area contributed by atoms with E-state index in [0.717, 1.165) is 19.3 Å². The molecule has 2 rings (SSSR count). The van der Waals surface area contributed by atoms with E-state index in [4.69, 9.17) is 0 Å². The monoisotopic (exact) mass is 366 g/mol. The SMILES string of the molecule is O=C(CBr)Nc1ccc([N+](=O)[O-])cc1C(=O)C1=CCCCC1. The molecule has 1 aromatic carbocycles. The zero-order valence-electron chi connectivity index (χ0n) is 11.8. The zero-order valence-corrected chi connectivity index (χ0v) is 13.4. The van der Waals surface area contributed by atoms with Crippen molar-refractivity contribution in [2.75, 3.05) is 10.6 Å². The van der Waals surface area contributed by atoms with E-state index in [9.17, 15) is 19.7 Å². The number of Topliss-reactive ketones (excluding diaryl/α,β-unsaturated/α-hetero) is 1. The van der Waals surface area contributed by atoms with Crippen molar-refractivity contribution in [2.24, 2.45) is 0 Å². The van der Waals surface area contributed by atoms with Crippen LogP contribution in [-0.4, -0.2) is 21.9 Å². The standard InChI is InChI=1S/C15H15BrN2O4/c16-9-14(19)17-13-7-6-11(18(21)22)8-12(13)15(20)10-4-2-1-3-5-10/h4,6-8H,1-3,5,9H2,(H,17,19). The number of nitrogens with one attached hydrogen (secondary N) is 1. The summed E-state index contributed by atoms with van der Waals surface area (Å²) in [7, 11) is 0. The third-order valence-corrected chi connectivity index (χ3v) is 3.95. The number of hydrogen-bond donors (Lipinski definition) is 1. The Morgan fingerprint density at radius 2 is 2.09 bits per heavy atom. The highest BCUT2D eigenvalue weighted by Gasteiger charge is 2.21. The number of carbonyl (C=O) groups is 2. The smallest absolute Gasteiger partial charge is 0.270 e. The minimum atomic E-state index is -0.553. The molecule has 1 N–H and O–H groups in total. The maximum absolute atomic E-state index is 12.6. The number of anilines is 1. The van der Waals surface area contributed by atoms with Crippen LogP contribution in [0.25, 0.3) is 0 Å². The highest BCUT2D eigenvalue weighted by atomic mass is 79.9. The average molecular weight is 367 g/mol. The summed E-state index contributed by atoms with van der Waals surface area (Å²) in [6.45, 7) is 0. The van der Waals surface area contributed by atoms with Gasteiger partial charge in [0.2, 0.25) is 5.91 Å². The van der Waals surface area contributed by atoms with Gasteiger partial charge in [0.15, 0.2) is 5.78 Å². The van der Waals surface area contributed by atoms with Crippen LogP contribution in [0.4, 0.5) is 11.4 Å². The summed E-state index contributed by atoms with van der Waals surface area (Å²) in [5, 5.41) is 13.6. The van der Waals surface area contributed by atoms with Gasteiger partial charge in [-0.05, 0) is 37.3 Å². The number of nitro benzene ring substituents is 1. The van der Waals surface area contributed by atoms with Gasteiger partial charge in [-0.25, -0.2) is 0 Å². The predicted octanol–water partition coefficient (Wildman–Crippen LogP) is 3.61. The van der Waals surface area contributed by atoms with Crippen molar-refractivity contribution in [2.45, 2.75) is 25.7 Å². The molecular weight excluding hydrogens is 352 g/mol. The molecule has 0 spiro atoms. The van der Waals surface area contributed by atoms with Gasteiger partial charge in [-0.1, -0.05) is 22.0 Å². The maximum atomic E-state index is 12.6. The normalized spacial score (nSPS) is 14.1. The molecule has 0 saturated carbocycles. The first-order valence-electron chi connectivity index (χ1n) is 6.91. The number of non-ortho nitro benzene ring substituents is 1. The molecule has 7 heteroatoms. The fourth-order valence-electron chi connectivity index (χ4n) is 2.34. The largest absolute Gasteiger partial charge is 0.325 e. The molecule has 0 heterocycles. The second kappa shape index (κ2) is 7.31. The van der Waals surface area contributed by atoms with Gasteiger partial charge >= 0.3 is 0 Å². The lowest BCUT2D eigenvalue weighted by molar-refractivity contribution is -0.384. The molecule has 6 nitrogen and oxygen atoms in total. The van der Waals surface area contributed by atoms with Crippen LogP contribution >= 0.6 is 15.9 Å². The number of benzene rings is 1. The van der Waals surface area contributed by atoms with Gasteiger partial charge in [0.1, 0.15) is 0 Å². The lowest BCUT2D eigenvalue weighted by Gasteiger charge is -2.14. The molecule has 22 heavy (non-hydrogen) atoms. The number of alkyl halides is 1. The number of carbonyl (C=O) groups excluding carboxylic acids is 2. The number of ketones is 1. The molecule has 0 atom stereocenters. The van der Waals surface area contributed by atoms with Crippen LogP contribution < -0.4 is 5.32 Å². The summed E-state index contributed by atoms with van der Waals surface area (Å²) in [5.41, 5.74) is 0.945. The molecule has 116 valence electrons. The number of nitro groups is 1. The Balaban J connectivity index is 2.42. The van der Waals surface area contributed by atoms with Gasteiger partial charge in [0.25, 0.3) is 5.69 Å². The summed E-state index contributed by atoms with van der Waals surface area (Å²) in [4.78, 5) is 34.5. The maximum Gasteiger partial charge on any atom is 0.270 e. The summed E-state index contributed by atoms with van der Waals surface area (Å²) in [6.07, 6.45) is 5.34. The summed E-state index contributed by atoms with van der Waals surface area (Å²) in [6, 6.07) is 3.90. The van der Waals surface area contributed by atoms with Crippen molar-refractivity contribution < 1.29 is 14.5 Å². The average Bonchev–Trinajstić information content (AvgIpc) is 2.55. The van der Waals surface area contributed by atoms with Crippen LogP contribution in [0.15, 0.2) is 29.8 Å². The quantitative estimate of drug-likeness (QED) is 0.373. The Labute approximate surface area is 135 Å². The summed E-state index contributed by atoms with van der Waals surface area (Å²) in [5.74, 6) is -0.575. The van der Waals surface area contributed by atoms with Crippen LogP contribution in [0.1, 0.15) is 36.0 Å². The number of rotatable bonds is 5. The number of allylic oxidation sites excluding steroid dienone is 2. The zero-order chi connectivity index (χ0) is 16.1. The number of nitrogens with zero attached hydrogens (tertiary/aromatic N) is 1. The van der Waals surface area contributed by atoms with Crippen molar-refractivity contribution >= 4 is 39.0 Å². The molecule has 0 fully saturated rings. The molecule has 1 aliphatic carbocycles. The van der Waals surface area contributed by atoms with Gasteiger partial charge in [-0.15, -0.1) is 0 Å². The van der Waals surface area contributed by atoms with Crippen LogP contribution in [0.2, 0.25) is 0 Å². The van der Waals surface area contributed by atoms with Crippen molar-refractivity contribution in [1.82, 2.24) is 0 Å². The molecular formula is C15H15BrN2O4. The first-order valence-corrected chi connectivity index (χ1v) is 8.03. The first-order chi connectivity index (χ1) is 10.5. The number of halogens is 1. The fraction of sp³-hybridized carbons (Fsp3) is 0.333. The van der Waals surface area contributed by atoms with Crippen molar-refractivity contribution in [1.29, 1.82) is 0 Å². The third kappa shape index (κ3) is 3.79. The minimum absolute atomic E-state index is 0.0836. The van der Waals surface area contributed by atoms with Gasteiger partial charge in [-0.2, -0.15) is 0 Å². The summed E-state index contributed by atoms with van der Waals surface area (Å²) >= 11 is 3.03. The molecule has 0 bridgehead atoms. The number of amides is 1. The van der Waals surface area contributed by atoms with E-state index in [1.54, 1.807) is 0 Å².